The molecule has 2 amide bonds. The Morgan fingerprint density at radius 2 is 1.96 bits per heavy atom. The summed E-state index contributed by atoms with van der Waals surface area (Å²) in [5.41, 5.74) is -1.28. The smallest absolute Gasteiger partial charge is 0.239 e. The third-order valence-corrected chi connectivity index (χ3v) is 4.60. The second-order valence-electron chi connectivity index (χ2n) is 6.93. The number of hydrogen-bond donors (Lipinski definition) is 3. The molecule has 0 radical (unpaired) electrons. The minimum Gasteiger partial charge on any atom is -0.463 e. The molecule has 1 heterocycles. The zero-order valence-electron chi connectivity index (χ0n) is 14.6. The molecule has 0 aromatic carbocycles. The standard InChI is InChI=1S/C18H28N2O4/c1-13-7-9-15(24-13)18(2,23)12-20-17(22)11-19-16(21)10-8-14-5-3-4-6-14/h7,9,14,23H,3-6,8,10-12H2,1-2H3,(H,19,21)(H,20,22). The van der Waals surface area contributed by atoms with Crippen LogP contribution >= 0.6 is 0 Å². The summed E-state index contributed by atoms with van der Waals surface area (Å²) in [5, 5.41) is 15.6. The summed E-state index contributed by atoms with van der Waals surface area (Å²) in [4.78, 5) is 23.6. The van der Waals surface area contributed by atoms with Crippen molar-refractivity contribution in [1.29, 1.82) is 0 Å². The second kappa shape index (κ2) is 8.33. The number of hydrogen-bond acceptors (Lipinski definition) is 4. The van der Waals surface area contributed by atoms with Crippen LogP contribution < -0.4 is 10.6 Å². The van der Waals surface area contributed by atoms with Gasteiger partial charge in [-0.15, -0.1) is 0 Å². The van der Waals surface area contributed by atoms with E-state index in [1.807, 2.05) is 0 Å². The van der Waals surface area contributed by atoms with E-state index in [0.717, 1.165) is 6.42 Å². The van der Waals surface area contributed by atoms with Crippen LogP contribution in [-0.2, 0) is 15.2 Å². The zero-order chi connectivity index (χ0) is 17.6. The molecule has 0 saturated heterocycles. The maximum atomic E-state index is 11.8. The van der Waals surface area contributed by atoms with Crippen LogP contribution in [0.4, 0.5) is 0 Å². The van der Waals surface area contributed by atoms with Crippen molar-refractivity contribution in [2.75, 3.05) is 13.1 Å². The summed E-state index contributed by atoms with van der Waals surface area (Å²) in [5.74, 6) is 1.35. The van der Waals surface area contributed by atoms with Crippen LogP contribution in [0.25, 0.3) is 0 Å². The average Bonchev–Trinajstić information content (AvgIpc) is 3.20. The first-order valence-electron chi connectivity index (χ1n) is 8.69. The molecule has 1 unspecified atom stereocenters. The van der Waals surface area contributed by atoms with Crippen LogP contribution in [0.2, 0.25) is 0 Å². The Balaban J connectivity index is 1.64. The third kappa shape index (κ3) is 5.67. The van der Waals surface area contributed by atoms with Crippen LogP contribution in [0.3, 0.4) is 0 Å². The van der Waals surface area contributed by atoms with E-state index in [-0.39, 0.29) is 24.9 Å². The van der Waals surface area contributed by atoms with E-state index >= 15 is 0 Å². The number of carbonyl (C=O) groups is 2. The average molecular weight is 336 g/mol. The topological polar surface area (TPSA) is 91.6 Å². The Morgan fingerprint density at radius 3 is 2.58 bits per heavy atom. The molecule has 1 fully saturated rings. The molecular weight excluding hydrogens is 308 g/mol. The number of carbonyl (C=O) groups excluding carboxylic acids is 2. The van der Waals surface area contributed by atoms with Crippen LogP contribution in [0.1, 0.15) is 57.0 Å². The molecule has 1 aromatic heterocycles. The van der Waals surface area contributed by atoms with E-state index in [0.29, 0.717) is 23.9 Å². The van der Waals surface area contributed by atoms with Gasteiger partial charge in [-0.2, -0.15) is 0 Å². The lowest BCUT2D eigenvalue weighted by molar-refractivity contribution is -0.126. The van der Waals surface area contributed by atoms with Crippen molar-refractivity contribution in [3.63, 3.8) is 0 Å². The third-order valence-electron chi connectivity index (χ3n) is 4.60. The predicted octanol–water partition coefficient (Wildman–Crippen LogP) is 2.00. The first kappa shape index (κ1) is 18.5. The Labute approximate surface area is 143 Å². The predicted molar refractivity (Wildman–Crippen MR) is 90.2 cm³/mol. The summed E-state index contributed by atoms with van der Waals surface area (Å²) in [6, 6.07) is 3.45. The Kier molecular flexibility index (Phi) is 6.43. The lowest BCUT2D eigenvalue weighted by Crippen LogP contribution is -2.43. The molecule has 0 aliphatic heterocycles. The molecule has 3 N–H and O–H groups in total. The van der Waals surface area contributed by atoms with E-state index in [1.165, 1.54) is 25.7 Å². The normalized spacial score (nSPS) is 17.5. The lowest BCUT2D eigenvalue weighted by Gasteiger charge is -2.21. The molecule has 134 valence electrons. The SMILES string of the molecule is Cc1ccc(C(C)(O)CNC(=O)CNC(=O)CCC2CCCC2)o1. The minimum absolute atomic E-state index is 0.0245. The largest absolute Gasteiger partial charge is 0.463 e. The number of furan rings is 1. The number of rotatable bonds is 8. The van der Waals surface area contributed by atoms with Crippen molar-refractivity contribution < 1.29 is 19.1 Å². The zero-order valence-corrected chi connectivity index (χ0v) is 14.6. The number of aryl methyl sites for hydroxylation is 1. The molecule has 6 nitrogen and oxygen atoms in total. The van der Waals surface area contributed by atoms with Crippen LogP contribution in [0.5, 0.6) is 0 Å². The summed E-state index contributed by atoms with van der Waals surface area (Å²) in [6.45, 7) is 3.32. The molecule has 1 aliphatic rings. The maximum absolute atomic E-state index is 11.8. The van der Waals surface area contributed by atoms with Gasteiger partial charge >= 0.3 is 0 Å². The van der Waals surface area contributed by atoms with Gasteiger partial charge in [-0.25, -0.2) is 0 Å². The van der Waals surface area contributed by atoms with Crippen molar-refractivity contribution in [1.82, 2.24) is 10.6 Å². The second-order valence-corrected chi connectivity index (χ2v) is 6.93. The van der Waals surface area contributed by atoms with Gasteiger partial charge in [-0.3, -0.25) is 9.59 Å². The van der Waals surface area contributed by atoms with Crippen LogP contribution in [-0.4, -0.2) is 30.0 Å². The van der Waals surface area contributed by atoms with Gasteiger partial charge in [-0.1, -0.05) is 25.7 Å². The highest BCUT2D eigenvalue weighted by molar-refractivity contribution is 5.84. The van der Waals surface area contributed by atoms with Gasteiger partial charge in [0.1, 0.15) is 17.1 Å². The van der Waals surface area contributed by atoms with E-state index in [4.69, 9.17) is 4.42 Å². The summed E-state index contributed by atoms with van der Waals surface area (Å²) in [7, 11) is 0. The number of nitrogens with one attached hydrogen (secondary N) is 2. The Bertz CT molecular complexity index is 559. The molecule has 1 atom stereocenters. The van der Waals surface area contributed by atoms with E-state index < -0.39 is 5.60 Å². The lowest BCUT2D eigenvalue weighted by atomic mass is 10.0. The molecule has 1 aromatic rings. The summed E-state index contributed by atoms with van der Waals surface area (Å²) in [6.07, 6.45) is 6.35. The van der Waals surface area contributed by atoms with Crippen molar-refractivity contribution in [3.8, 4) is 0 Å². The molecular formula is C18H28N2O4. The molecule has 1 saturated carbocycles. The van der Waals surface area contributed by atoms with E-state index in [1.54, 1.807) is 26.0 Å². The van der Waals surface area contributed by atoms with Crippen LogP contribution in [0.15, 0.2) is 16.5 Å². The monoisotopic (exact) mass is 336 g/mol. The summed E-state index contributed by atoms with van der Waals surface area (Å²) >= 11 is 0. The first-order valence-corrected chi connectivity index (χ1v) is 8.69. The minimum atomic E-state index is -1.28. The maximum Gasteiger partial charge on any atom is 0.239 e. The van der Waals surface area contributed by atoms with Gasteiger partial charge in [0.2, 0.25) is 11.8 Å². The molecule has 6 heteroatoms. The van der Waals surface area contributed by atoms with Gasteiger partial charge in [-0.05, 0) is 38.3 Å². The van der Waals surface area contributed by atoms with Gasteiger partial charge in [0.15, 0.2) is 0 Å². The number of aliphatic hydroxyl groups is 1. The van der Waals surface area contributed by atoms with Crippen LogP contribution in [0, 0.1) is 12.8 Å². The fourth-order valence-electron chi connectivity index (χ4n) is 3.05. The van der Waals surface area contributed by atoms with Crippen molar-refractivity contribution in [3.05, 3.63) is 23.7 Å². The fraction of sp³-hybridized carbons (Fsp3) is 0.667. The molecule has 0 bridgehead atoms. The molecule has 24 heavy (non-hydrogen) atoms. The highest BCUT2D eigenvalue weighted by atomic mass is 16.4. The summed E-state index contributed by atoms with van der Waals surface area (Å²) < 4.78 is 5.39. The fourth-order valence-corrected chi connectivity index (χ4v) is 3.05. The van der Waals surface area contributed by atoms with Gasteiger partial charge in [0.25, 0.3) is 0 Å². The Morgan fingerprint density at radius 1 is 1.25 bits per heavy atom. The van der Waals surface area contributed by atoms with E-state index in [2.05, 4.69) is 10.6 Å². The Hall–Kier alpha value is -1.82. The molecule has 1 aliphatic carbocycles. The van der Waals surface area contributed by atoms with Gasteiger partial charge in [0, 0.05) is 6.42 Å². The molecule has 0 spiro atoms. The first-order chi connectivity index (χ1) is 11.4. The quantitative estimate of drug-likeness (QED) is 0.677. The number of amides is 2. The van der Waals surface area contributed by atoms with Gasteiger partial charge < -0.3 is 20.2 Å². The highest BCUT2D eigenvalue weighted by Crippen LogP contribution is 2.28. The molecule has 2 rings (SSSR count). The highest BCUT2D eigenvalue weighted by Gasteiger charge is 2.27. The van der Waals surface area contributed by atoms with Crippen molar-refractivity contribution >= 4 is 11.8 Å². The van der Waals surface area contributed by atoms with E-state index in [9.17, 15) is 14.7 Å². The van der Waals surface area contributed by atoms with Crippen molar-refractivity contribution in [2.45, 2.75) is 58.0 Å². The van der Waals surface area contributed by atoms with Crippen molar-refractivity contribution in [2.24, 2.45) is 5.92 Å². The van der Waals surface area contributed by atoms with Gasteiger partial charge in [0.05, 0.1) is 13.1 Å².